The van der Waals surface area contributed by atoms with E-state index in [0.717, 1.165) is 11.1 Å². The molecular formula is C21H22FN3O2. The first-order chi connectivity index (χ1) is 13.0. The third kappa shape index (κ3) is 5.00. The van der Waals surface area contributed by atoms with Crippen LogP contribution in [-0.4, -0.2) is 29.1 Å². The number of nitrogens with one attached hydrogen (secondary N) is 1. The minimum atomic E-state index is -0.333. The van der Waals surface area contributed by atoms with Crippen LogP contribution in [0.4, 0.5) is 4.39 Å². The Morgan fingerprint density at radius 3 is 2.56 bits per heavy atom. The lowest BCUT2D eigenvalue weighted by Crippen LogP contribution is -2.39. The molecule has 2 amide bonds. The van der Waals surface area contributed by atoms with Gasteiger partial charge in [0, 0.05) is 19.4 Å². The fourth-order valence-corrected chi connectivity index (χ4v) is 2.90. The first-order valence-corrected chi connectivity index (χ1v) is 8.98. The SMILES string of the molecule is CC(CNC(=O)C1=NN(Cc2ccc(F)cc2)C(=O)CC1)c1ccccc1. The molecule has 3 rings (SSSR count). The molecule has 0 radical (unpaired) electrons. The first kappa shape index (κ1) is 18.8. The summed E-state index contributed by atoms with van der Waals surface area (Å²) in [5.41, 5.74) is 2.25. The normalized spacial score (nSPS) is 15.3. The van der Waals surface area contributed by atoms with E-state index in [0.29, 0.717) is 18.7 Å². The molecule has 5 nitrogen and oxygen atoms in total. The zero-order valence-corrected chi connectivity index (χ0v) is 15.2. The van der Waals surface area contributed by atoms with E-state index < -0.39 is 0 Å². The van der Waals surface area contributed by atoms with Crippen LogP contribution in [0.15, 0.2) is 59.7 Å². The Kier molecular flexibility index (Phi) is 5.96. The number of carbonyl (C=O) groups is 2. The summed E-state index contributed by atoms with van der Waals surface area (Å²) in [4.78, 5) is 24.6. The molecule has 2 aromatic rings. The van der Waals surface area contributed by atoms with E-state index in [2.05, 4.69) is 10.4 Å². The molecule has 0 aromatic heterocycles. The van der Waals surface area contributed by atoms with Gasteiger partial charge in [-0.05, 0) is 29.2 Å². The van der Waals surface area contributed by atoms with Gasteiger partial charge in [0.25, 0.3) is 5.91 Å². The second-order valence-electron chi connectivity index (χ2n) is 6.65. The van der Waals surface area contributed by atoms with E-state index >= 15 is 0 Å². The standard InChI is InChI=1S/C21H22FN3O2/c1-15(17-5-3-2-4-6-17)13-23-21(27)19-11-12-20(26)25(24-19)14-16-7-9-18(22)10-8-16/h2-10,15H,11-14H2,1H3,(H,23,27). The Morgan fingerprint density at radius 2 is 1.85 bits per heavy atom. The number of carbonyl (C=O) groups excluding carboxylic acids is 2. The second kappa shape index (κ2) is 8.58. The molecule has 0 bridgehead atoms. The summed E-state index contributed by atoms with van der Waals surface area (Å²) in [6.07, 6.45) is 0.561. The summed E-state index contributed by atoms with van der Waals surface area (Å²) < 4.78 is 13.0. The average Bonchev–Trinajstić information content (AvgIpc) is 2.70. The number of amides is 2. The van der Waals surface area contributed by atoms with Gasteiger partial charge in [0.05, 0.1) is 6.54 Å². The minimum Gasteiger partial charge on any atom is -0.350 e. The number of nitrogens with zero attached hydrogens (tertiary/aromatic N) is 2. The maximum Gasteiger partial charge on any atom is 0.267 e. The van der Waals surface area contributed by atoms with E-state index in [1.165, 1.54) is 17.1 Å². The predicted octanol–water partition coefficient (Wildman–Crippen LogP) is 3.22. The molecule has 0 spiro atoms. The van der Waals surface area contributed by atoms with Crippen molar-refractivity contribution in [2.75, 3.05) is 6.54 Å². The summed E-state index contributed by atoms with van der Waals surface area (Å²) in [5.74, 6) is -0.556. The maximum absolute atomic E-state index is 13.0. The highest BCUT2D eigenvalue weighted by molar-refractivity contribution is 6.39. The van der Waals surface area contributed by atoms with Crippen molar-refractivity contribution in [3.63, 3.8) is 0 Å². The number of hydrogen-bond donors (Lipinski definition) is 1. The topological polar surface area (TPSA) is 61.8 Å². The minimum absolute atomic E-state index is 0.145. The van der Waals surface area contributed by atoms with E-state index in [1.54, 1.807) is 12.1 Å². The van der Waals surface area contributed by atoms with Gasteiger partial charge in [-0.25, -0.2) is 9.40 Å². The van der Waals surface area contributed by atoms with Crippen LogP contribution < -0.4 is 5.32 Å². The molecule has 140 valence electrons. The molecule has 1 heterocycles. The molecule has 0 fully saturated rings. The second-order valence-corrected chi connectivity index (χ2v) is 6.65. The molecule has 0 saturated carbocycles. The summed E-state index contributed by atoms with van der Waals surface area (Å²) in [5, 5.41) is 8.41. The average molecular weight is 367 g/mol. The Balaban J connectivity index is 1.61. The molecule has 1 aliphatic heterocycles. The highest BCUT2D eigenvalue weighted by Gasteiger charge is 2.24. The molecule has 1 atom stereocenters. The number of benzene rings is 2. The van der Waals surface area contributed by atoms with Gasteiger partial charge in [-0.3, -0.25) is 9.59 Å². The largest absolute Gasteiger partial charge is 0.350 e. The van der Waals surface area contributed by atoms with E-state index in [1.807, 2.05) is 37.3 Å². The number of hydrogen-bond acceptors (Lipinski definition) is 3. The number of halogens is 1. The predicted molar refractivity (Wildman–Crippen MR) is 101 cm³/mol. The van der Waals surface area contributed by atoms with Crippen LogP contribution in [0.2, 0.25) is 0 Å². The Labute approximate surface area is 157 Å². The van der Waals surface area contributed by atoms with Gasteiger partial charge in [-0.15, -0.1) is 0 Å². The summed E-state index contributed by atoms with van der Waals surface area (Å²) in [7, 11) is 0. The lowest BCUT2D eigenvalue weighted by Gasteiger charge is -2.23. The van der Waals surface area contributed by atoms with Gasteiger partial charge in [0.1, 0.15) is 11.5 Å². The van der Waals surface area contributed by atoms with Gasteiger partial charge in [-0.2, -0.15) is 5.10 Å². The monoisotopic (exact) mass is 367 g/mol. The van der Waals surface area contributed by atoms with Crippen molar-refractivity contribution in [3.05, 3.63) is 71.5 Å². The zero-order chi connectivity index (χ0) is 19.2. The molecule has 1 unspecified atom stereocenters. The van der Waals surface area contributed by atoms with Crippen LogP contribution in [0.25, 0.3) is 0 Å². The molecule has 2 aromatic carbocycles. The Morgan fingerprint density at radius 1 is 1.15 bits per heavy atom. The van der Waals surface area contributed by atoms with Crippen molar-refractivity contribution in [1.29, 1.82) is 0 Å². The van der Waals surface area contributed by atoms with Gasteiger partial charge in [0.15, 0.2) is 0 Å². The highest BCUT2D eigenvalue weighted by atomic mass is 19.1. The van der Waals surface area contributed by atoms with Crippen molar-refractivity contribution in [2.24, 2.45) is 5.10 Å². The van der Waals surface area contributed by atoms with Crippen LogP contribution in [0.1, 0.15) is 36.8 Å². The third-order valence-corrected chi connectivity index (χ3v) is 4.55. The Hall–Kier alpha value is -3.02. The van der Waals surface area contributed by atoms with Gasteiger partial charge in [0.2, 0.25) is 5.91 Å². The highest BCUT2D eigenvalue weighted by Crippen LogP contribution is 2.16. The zero-order valence-electron chi connectivity index (χ0n) is 15.2. The van der Waals surface area contributed by atoms with E-state index in [9.17, 15) is 14.0 Å². The fourth-order valence-electron chi connectivity index (χ4n) is 2.90. The van der Waals surface area contributed by atoms with Crippen LogP contribution in [-0.2, 0) is 16.1 Å². The van der Waals surface area contributed by atoms with Crippen LogP contribution in [0.3, 0.4) is 0 Å². The smallest absolute Gasteiger partial charge is 0.267 e. The summed E-state index contributed by atoms with van der Waals surface area (Å²) in [6.45, 7) is 2.76. The molecule has 6 heteroatoms. The van der Waals surface area contributed by atoms with Gasteiger partial charge < -0.3 is 5.32 Å². The molecule has 1 N–H and O–H groups in total. The van der Waals surface area contributed by atoms with Crippen LogP contribution >= 0.6 is 0 Å². The molecule has 27 heavy (non-hydrogen) atoms. The molecule has 1 aliphatic rings. The van der Waals surface area contributed by atoms with Gasteiger partial charge in [-0.1, -0.05) is 49.4 Å². The molecular weight excluding hydrogens is 345 g/mol. The third-order valence-electron chi connectivity index (χ3n) is 4.55. The van der Waals surface area contributed by atoms with Crippen molar-refractivity contribution in [3.8, 4) is 0 Å². The maximum atomic E-state index is 13.0. The van der Waals surface area contributed by atoms with Crippen molar-refractivity contribution in [2.45, 2.75) is 32.2 Å². The quantitative estimate of drug-likeness (QED) is 0.852. The van der Waals surface area contributed by atoms with Crippen LogP contribution in [0.5, 0.6) is 0 Å². The lowest BCUT2D eigenvalue weighted by molar-refractivity contribution is -0.132. The lowest BCUT2D eigenvalue weighted by atomic mass is 10.0. The van der Waals surface area contributed by atoms with E-state index in [4.69, 9.17) is 0 Å². The van der Waals surface area contributed by atoms with Crippen LogP contribution in [0, 0.1) is 5.82 Å². The van der Waals surface area contributed by atoms with Crippen molar-refractivity contribution < 1.29 is 14.0 Å². The van der Waals surface area contributed by atoms with Crippen molar-refractivity contribution in [1.82, 2.24) is 10.3 Å². The van der Waals surface area contributed by atoms with E-state index in [-0.39, 0.29) is 36.5 Å². The summed E-state index contributed by atoms with van der Waals surface area (Å²) in [6, 6.07) is 15.8. The van der Waals surface area contributed by atoms with Crippen molar-refractivity contribution >= 4 is 17.5 Å². The van der Waals surface area contributed by atoms with Gasteiger partial charge >= 0.3 is 0 Å². The molecule has 0 aliphatic carbocycles. The molecule has 0 saturated heterocycles. The number of rotatable bonds is 6. The summed E-state index contributed by atoms with van der Waals surface area (Å²) >= 11 is 0. The first-order valence-electron chi connectivity index (χ1n) is 8.98. The fraction of sp³-hybridized carbons (Fsp3) is 0.286. The Bertz CT molecular complexity index is 834. The number of hydrazone groups is 1.